The van der Waals surface area contributed by atoms with Crippen molar-refractivity contribution in [3.63, 3.8) is 0 Å². The summed E-state index contributed by atoms with van der Waals surface area (Å²) in [6.07, 6.45) is 3.50. The van der Waals surface area contributed by atoms with Crippen molar-refractivity contribution < 1.29 is 0 Å². The van der Waals surface area contributed by atoms with Crippen molar-refractivity contribution in [3.8, 4) is 0 Å². The lowest BCUT2D eigenvalue weighted by atomic mass is 10.2. The van der Waals surface area contributed by atoms with E-state index in [0.717, 1.165) is 37.4 Å². The minimum atomic E-state index is 1.01. The van der Waals surface area contributed by atoms with Gasteiger partial charge in [0.25, 0.3) is 0 Å². The van der Waals surface area contributed by atoms with Gasteiger partial charge >= 0.3 is 0 Å². The lowest BCUT2D eigenvalue weighted by Gasteiger charge is -2.24. The Morgan fingerprint density at radius 2 is 1.17 bits per heavy atom. The lowest BCUT2D eigenvalue weighted by Crippen LogP contribution is -2.24. The fraction of sp³-hybridized carbons (Fsp3) is 0.429. The van der Waals surface area contributed by atoms with Crippen LogP contribution >= 0.6 is 0 Å². The summed E-state index contributed by atoms with van der Waals surface area (Å²) in [6.45, 7) is 9.89. The molecule has 3 nitrogen and oxygen atoms in total. The molecule has 3 heteroatoms. The van der Waals surface area contributed by atoms with Gasteiger partial charge in [-0.15, -0.1) is 0 Å². The second-order valence-corrected chi connectivity index (χ2v) is 6.16. The fourth-order valence-corrected chi connectivity index (χ4v) is 2.77. The molecule has 0 bridgehead atoms. The Hall–Kier alpha value is -2.16. The lowest BCUT2D eigenvalue weighted by molar-refractivity contribution is 0.745. The maximum atomic E-state index is 3.47. The number of nitrogens with one attached hydrogen (secondary N) is 2. The quantitative estimate of drug-likeness (QED) is 0.571. The molecule has 2 N–H and O–H groups in total. The van der Waals surface area contributed by atoms with Crippen molar-refractivity contribution in [1.82, 2.24) is 0 Å². The van der Waals surface area contributed by atoms with E-state index in [1.165, 1.54) is 24.2 Å². The highest BCUT2D eigenvalue weighted by atomic mass is 15.1. The zero-order valence-corrected chi connectivity index (χ0v) is 15.3. The summed E-state index contributed by atoms with van der Waals surface area (Å²) in [5.74, 6) is 0. The molecule has 0 unspecified atom stereocenters. The highest BCUT2D eigenvalue weighted by Crippen LogP contribution is 2.22. The summed E-state index contributed by atoms with van der Waals surface area (Å²) >= 11 is 0. The summed E-state index contributed by atoms with van der Waals surface area (Å²) in [6, 6.07) is 17.2. The molecule has 0 aliphatic carbocycles. The zero-order chi connectivity index (χ0) is 17.2. The third kappa shape index (κ3) is 5.48. The van der Waals surface area contributed by atoms with Crippen molar-refractivity contribution in [3.05, 3.63) is 48.5 Å². The van der Waals surface area contributed by atoms with E-state index in [-0.39, 0.29) is 0 Å². The van der Waals surface area contributed by atoms with Gasteiger partial charge in [0.1, 0.15) is 0 Å². The van der Waals surface area contributed by atoms with Gasteiger partial charge in [-0.25, -0.2) is 0 Å². The van der Waals surface area contributed by atoms with Gasteiger partial charge in [-0.05, 0) is 67.8 Å². The van der Waals surface area contributed by atoms with Gasteiger partial charge in [-0.3, -0.25) is 0 Å². The van der Waals surface area contributed by atoms with E-state index in [4.69, 9.17) is 0 Å². The Labute approximate surface area is 147 Å². The van der Waals surface area contributed by atoms with E-state index < -0.39 is 0 Å². The first kappa shape index (κ1) is 18.2. The average Bonchev–Trinajstić information content (AvgIpc) is 2.62. The Bertz CT molecular complexity index is 569. The summed E-state index contributed by atoms with van der Waals surface area (Å²) in [7, 11) is 0. The van der Waals surface area contributed by atoms with Crippen LogP contribution in [-0.4, -0.2) is 19.6 Å². The van der Waals surface area contributed by atoms with Crippen molar-refractivity contribution in [2.45, 2.75) is 40.0 Å². The highest BCUT2D eigenvalue weighted by Gasteiger charge is 2.04. The first-order chi connectivity index (χ1) is 11.8. The van der Waals surface area contributed by atoms with Gasteiger partial charge in [-0.2, -0.15) is 0 Å². The Balaban J connectivity index is 1.97. The zero-order valence-electron chi connectivity index (χ0n) is 15.3. The fourth-order valence-electron chi connectivity index (χ4n) is 2.77. The van der Waals surface area contributed by atoms with Crippen LogP contribution in [-0.2, 0) is 0 Å². The number of hydrogen-bond donors (Lipinski definition) is 2. The number of nitrogens with zero attached hydrogens (tertiary/aromatic N) is 1. The van der Waals surface area contributed by atoms with Gasteiger partial charge in [-0.1, -0.05) is 20.8 Å². The molecular weight excluding hydrogens is 294 g/mol. The van der Waals surface area contributed by atoms with Crippen LogP contribution in [0.5, 0.6) is 0 Å². The maximum Gasteiger partial charge on any atom is 0.0385 e. The molecule has 0 radical (unpaired) electrons. The van der Waals surface area contributed by atoms with Crippen LogP contribution in [0.3, 0.4) is 0 Å². The van der Waals surface area contributed by atoms with Gasteiger partial charge in [0.2, 0.25) is 0 Å². The van der Waals surface area contributed by atoms with E-state index in [0.29, 0.717) is 0 Å². The van der Waals surface area contributed by atoms with Crippen LogP contribution in [0.1, 0.15) is 40.0 Å². The maximum absolute atomic E-state index is 3.47. The van der Waals surface area contributed by atoms with Crippen molar-refractivity contribution in [1.29, 1.82) is 0 Å². The Morgan fingerprint density at radius 1 is 0.667 bits per heavy atom. The van der Waals surface area contributed by atoms with E-state index >= 15 is 0 Å². The van der Waals surface area contributed by atoms with Crippen LogP contribution < -0.4 is 15.5 Å². The molecule has 0 atom stereocenters. The van der Waals surface area contributed by atoms with E-state index in [2.05, 4.69) is 84.8 Å². The minimum Gasteiger partial charge on any atom is -0.385 e. The van der Waals surface area contributed by atoms with Crippen molar-refractivity contribution in [2.75, 3.05) is 35.2 Å². The molecule has 2 aromatic rings. The number of benzene rings is 2. The summed E-state index contributed by atoms with van der Waals surface area (Å²) in [4.78, 5) is 2.46. The Morgan fingerprint density at radius 3 is 1.67 bits per heavy atom. The van der Waals surface area contributed by atoms with Gasteiger partial charge in [0.15, 0.2) is 0 Å². The van der Waals surface area contributed by atoms with Crippen LogP contribution in [0.2, 0.25) is 0 Å². The molecular formula is C21H31N3. The van der Waals surface area contributed by atoms with Gasteiger partial charge in [0, 0.05) is 42.4 Å². The first-order valence-corrected chi connectivity index (χ1v) is 9.22. The average molecular weight is 326 g/mol. The molecule has 130 valence electrons. The number of anilines is 4. The normalized spacial score (nSPS) is 10.5. The molecule has 0 aliphatic rings. The van der Waals surface area contributed by atoms with E-state index in [1.807, 2.05) is 0 Å². The number of hydrogen-bond acceptors (Lipinski definition) is 3. The second-order valence-electron chi connectivity index (χ2n) is 6.16. The molecule has 0 aliphatic heterocycles. The summed E-state index contributed by atoms with van der Waals surface area (Å²) in [5.41, 5.74) is 4.72. The SMILES string of the molecule is CCCNc1ccc(Nc2ccc(N(CCC)CCC)cc2)cc1. The predicted octanol–water partition coefficient (Wildman–Crippen LogP) is 5.88. The standard InChI is InChI=1S/C21H31N3/c1-4-15-22-18-7-9-19(10-8-18)23-20-11-13-21(14-12-20)24(16-5-2)17-6-3/h7-14,22-23H,4-6,15-17H2,1-3H3. The van der Waals surface area contributed by atoms with Gasteiger partial charge in [0.05, 0.1) is 0 Å². The summed E-state index contributed by atoms with van der Waals surface area (Å²) in [5, 5.41) is 6.87. The van der Waals surface area contributed by atoms with Crippen LogP contribution in [0.4, 0.5) is 22.7 Å². The molecule has 2 rings (SSSR count). The van der Waals surface area contributed by atoms with Crippen molar-refractivity contribution >= 4 is 22.7 Å². The third-order valence-corrected chi connectivity index (χ3v) is 3.97. The Kier molecular flexibility index (Phi) is 7.47. The first-order valence-electron chi connectivity index (χ1n) is 9.22. The van der Waals surface area contributed by atoms with E-state index in [1.54, 1.807) is 0 Å². The molecule has 0 saturated heterocycles. The predicted molar refractivity (Wildman–Crippen MR) is 108 cm³/mol. The third-order valence-electron chi connectivity index (χ3n) is 3.97. The summed E-state index contributed by atoms with van der Waals surface area (Å²) < 4.78 is 0. The molecule has 0 spiro atoms. The van der Waals surface area contributed by atoms with Crippen molar-refractivity contribution in [2.24, 2.45) is 0 Å². The van der Waals surface area contributed by atoms with E-state index in [9.17, 15) is 0 Å². The largest absolute Gasteiger partial charge is 0.385 e. The molecule has 0 amide bonds. The van der Waals surface area contributed by atoms with Crippen LogP contribution in [0.15, 0.2) is 48.5 Å². The van der Waals surface area contributed by atoms with Gasteiger partial charge < -0.3 is 15.5 Å². The molecule has 2 aromatic carbocycles. The monoisotopic (exact) mass is 325 g/mol. The highest BCUT2D eigenvalue weighted by molar-refractivity contribution is 5.64. The molecule has 0 fully saturated rings. The number of rotatable bonds is 10. The topological polar surface area (TPSA) is 27.3 Å². The van der Waals surface area contributed by atoms with Crippen LogP contribution in [0, 0.1) is 0 Å². The smallest absolute Gasteiger partial charge is 0.0385 e. The molecule has 0 saturated carbocycles. The molecule has 24 heavy (non-hydrogen) atoms. The molecule has 0 heterocycles. The molecule has 0 aromatic heterocycles. The second kappa shape index (κ2) is 9.86. The van der Waals surface area contributed by atoms with Crippen LogP contribution in [0.25, 0.3) is 0 Å². The minimum absolute atomic E-state index is 1.01.